The van der Waals surface area contributed by atoms with Gasteiger partial charge in [0.25, 0.3) is 0 Å². The number of hydrogen-bond acceptors (Lipinski definition) is 5. The number of methoxy groups -OCH3 is 2. The Labute approximate surface area is 98.2 Å². The Bertz CT molecular complexity index is 536. The summed E-state index contributed by atoms with van der Waals surface area (Å²) in [7, 11) is 2.98. The van der Waals surface area contributed by atoms with Crippen LogP contribution in [0, 0.1) is 0 Å². The van der Waals surface area contributed by atoms with E-state index in [2.05, 4.69) is 14.9 Å². The fourth-order valence-corrected chi connectivity index (χ4v) is 1.54. The second-order valence-corrected chi connectivity index (χ2v) is 3.50. The van der Waals surface area contributed by atoms with Gasteiger partial charge in [-0.05, 0) is 12.1 Å². The van der Waals surface area contributed by atoms with Gasteiger partial charge < -0.3 is 9.47 Å². The lowest BCUT2D eigenvalue weighted by molar-refractivity contribution is 0.0600. The minimum absolute atomic E-state index is 0.377. The van der Waals surface area contributed by atoms with Crippen LogP contribution in [0.5, 0.6) is 0 Å². The van der Waals surface area contributed by atoms with Crippen molar-refractivity contribution < 1.29 is 14.3 Å². The average Bonchev–Trinajstić information content (AvgIpc) is 2.77. The van der Waals surface area contributed by atoms with Gasteiger partial charge in [0.15, 0.2) is 5.65 Å². The van der Waals surface area contributed by atoms with Crippen LogP contribution in [-0.2, 0) is 15.9 Å². The zero-order chi connectivity index (χ0) is 12.3. The first-order valence-corrected chi connectivity index (χ1v) is 5.17. The fraction of sp³-hybridized carbons (Fsp3) is 0.364. The van der Waals surface area contributed by atoms with Crippen LogP contribution in [0.1, 0.15) is 16.2 Å². The third kappa shape index (κ3) is 2.26. The van der Waals surface area contributed by atoms with Gasteiger partial charge in [-0.25, -0.2) is 4.79 Å². The predicted octanol–water partition coefficient (Wildman–Crippen LogP) is 0.705. The second-order valence-electron chi connectivity index (χ2n) is 3.50. The Morgan fingerprint density at radius 1 is 1.35 bits per heavy atom. The highest BCUT2D eigenvalue weighted by atomic mass is 16.5. The topological polar surface area (TPSA) is 65.7 Å². The summed E-state index contributed by atoms with van der Waals surface area (Å²) in [6.07, 6.45) is 2.31. The normalized spacial score (nSPS) is 10.7. The highest BCUT2D eigenvalue weighted by Gasteiger charge is 2.10. The molecule has 0 spiro atoms. The van der Waals surface area contributed by atoms with Crippen molar-refractivity contribution in [3.8, 4) is 0 Å². The third-order valence-corrected chi connectivity index (χ3v) is 2.42. The van der Waals surface area contributed by atoms with E-state index >= 15 is 0 Å². The van der Waals surface area contributed by atoms with Crippen molar-refractivity contribution in [1.82, 2.24) is 14.6 Å². The molecule has 0 aliphatic rings. The minimum atomic E-state index is -0.377. The number of hydrogen-bond donors (Lipinski definition) is 0. The molecule has 0 aromatic carbocycles. The van der Waals surface area contributed by atoms with Crippen molar-refractivity contribution in [1.29, 1.82) is 0 Å². The number of fused-ring (bicyclic) bond motifs is 1. The Kier molecular flexibility index (Phi) is 3.34. The molecule has 0 unspecified atom stereocenters. The second kappa shape index (κ2) is 4.92. The number of aromatic nitrogens is 3. The molecule has 2 rings (SSSR count). The Morgan fingerprint density at radius 2 is 2.18 bits per heavy atom. The Balaban J connectivity index is 2.39. The maximum absolute atomic E-state index is 11.4. The van der Waals surface area contributed by atoms with E-state index in [1.54, 1.807) is 29.8 Å². The first-order chi connectivity index (χ1) is 8.26. The summed E-state index contributed by atoms with van der Waals surface area (Å²) in [5.41, 5.74) is 1.17. The van der Waals surface area contributed by atoms with Gasteiger partial charge in [-0.3, -0.25) is 4.40 Å². The van der Waals surface area contributed by atoms with Gasteiger partial charge in [-0.15, -0.1) is 10.2 Å². The van der Waals surface area contributed by atoms with Crippen LogP contribution in [0.3, 0.4) is 0 Å². The van der Waals surface area contributed by atoms with Crippen molar-refractivity contribution in [2.24, 2.45) is 0 Å². The van der Waals surface area contributed by atoms with Gasteiger partial charge in [0.05, 0.1) is 19.3 Å². The molecule has 0 atom stereocenters. The average molecular weight is 235 g/mol. The number of carbonyl (C=O) groups excluding carboxylic acids is 1. The molecule has 0 bridgehead atoms. The van der Waals surface area contributed by atoms with Crippen LogP contribution in [0.4, 0.5) is 0 Å². The molecule has 0 radical (unpaired) electrons. The maximum Gasteiger partial charge on any atom is 0.339 e. The van der Waals surface area contributed by atoms with Crippen LogP contribution >= 0.6 is 0 Å². The molecule has 6 nitrogen and oxygen atoms in total. The molecule has 2 heterocycles. The SMILES string of the molecule is COCCc1nnc2ccc(C(=O)OC)cn12. The number of pyridine rings is 1. The predicted molar refractivity (Wildman–Crippen MR) is 59.9 cm³/mol. The zero-order valence-corrected chi connectivity index (χ0v) is 9.71. The molecule has 0 aliphatic carbocycles. The molecule has 0 fully saturated rings. The molecule has 17 heavy (non-hydrogen) atoms. The molecule has 0 saturated heterocycles. The van der Waals surface area contributed by atoms with Gasteiger partial charge in [0, 0.05) is 19.7 Å². The Hall–Kier alpha value is -1.95. The molecule has 2 aromatic rings. The molecule has 6 heteroatoms. The van der Waals surface area contributed by atoms with E-state index in [9.17, 15) is 4.79 Å². The Morgan fingerprint density at radius 3 is 2.88 bits per heavy atom. The van der Waals surface area contributed by atoms with Crippen molar-refractivity contribution in [2.75, 3.05) is 20.8 Å². The van der Waals surface area contributed by atoms with Gasteiger partial charge in [-0.1, -0.05) is 0 Å². The lowest BCUT2D eigenvalue weighted by atomic mass is 10.3. The van der Waals surface area contributed by atoms with Crippen molar-refractivity contribution >= 4 is 11.6 Å². The molecule has 0 aliphatic heterocycles. The highest BCUT2D eigenvalue weighted by molar-refractivity contribution is 5.89. The molecular formula is C11H13N3O3. The van der Waals surface area contributed by atoms with E-state index in [-0.39, 0.29) is 5.97 Å². The number of esters is 1. The van der Waals surface area contributed by atoms with Crippen LogP contribution in [0.2, 0.25) is 0 Å². The summed E-state index contributed by atoms with van der Waals surface area (Å²) in [4.78, 5) is 11.4. The van der Waals surface area contributed by atoms with E-state index in [0.717, 1.165) is 5.82 Å². The fourth-order valence-electron chi connectivity index (χ4n) is 1.54. The van der Waals surface area contributed by atoms with Crippen molar-refractivity contribution in [2.45, 2.75) is 6.42 Å². The van der Waals surface area contributed by atoms with Crippen LogP contribution in [0.15, 0.2) is 18.3 Å². The van der Waals surface area contributed by atoms with Gasteiger partial charge >= 0.3 is 5.97 Å². The number of ether oxygens (including phenoxy) is 2. The van der Waals surface area contributed by atoms with E-state index < -0.39 is 0 Å². The summed E-state index contributed by atoms with van der Waals surface area (Å²) in [6.45, 7) is 0.559. The first-order valence-electron chi connectivity index (χ1n) is 5.17. The lowest BCUT2D eigenvalue weighted by Crippen LogP contribution is -2.05. The number of carbonyl (C=O) groups is 1. The summed E-state index contributed by atoms with van der Waals surface area (Å²) < 4.78 is 11.4. The number of rotatable bonds is 4. The maximum atomic E-state index is 11.4. The summed E-state index contributed by atoms with van der Waals surface area (Å²) in [6, 6.07) is 3.39. The summed E-state index contributed by atoms with van der Waals surface area (Å²) in [5, 5.41) is 8.04. The van der Waals surface area contributed by atoms with Crippen molar-refractivity contribution in [3.63, 3.8) is 0 Å². The third-order valence-electron chi connectivity index (χ3n) is 2.42. The largest absolute Gasteiger partial charge is 0.465 e. The lowest BCUT2D eigenvalue weighted by Gasteiger charge is -2.02. The van der Waals surface area contributed by atoms with Gasteiger partial charge in [-0.2, -0.15) is 0 Å². The smallest absolute Gasteiger partial charge is 0.339 e. The van der Waals surface area contributed by atoms with Gasteiger partial charge in [0.2, 0.25) is 0 Å². The van der Waals surface area contributed by atoms with Gasteiger partial charge in [0.1, 0.15) is 5.82 Å². The molecular weight excluding hydrogens is 222 g/mol. The molecule has 2 aromatic heterocycles. The van der Waals surface area contributed by atoms with E-state index in [0.29, 0.717) is 24.2 Å². The molecule has 0 saturated carbocycles. The zero-order valence-electron chi connectivity index (χ0n) is 9.71. The van der Waals surface area contributed by atoms with E-state index in [4.69, 9.17) is 4.74 Å². The minimum Gasteiger partial charge on any atom is -0.465 e. The van der Waals surface area contributed by atoms with E-state index in [1.165, 1.54) is 7.11 Å². The van der Waals surface area contributed by atoms with E-state index in [1.807, 2.05) is 0 Å². The molecule has 0 N–H and O–H groups in total. The number of nitrogens with zero attached hydrogens (tertiary/aromatic N) is 3. The van der Waals surface area contributed by atoms with Crippen molar-refractivity contribution in [3.05, 3.63) is 29.7 Å². The van der Waals surface area contributed by atoms with Crippen LogP contribution in [-0.4, -0.2) is 41.4 Å². The summed E-state index contributed by atoms with van der Waals surface area (Å²) in [5.74, 6) is 0.380. The van der Waals surface area contributed by atoms with Crippen LogP contribution in [0.25, 0.3) is 5.65 Å². The molecule has 0 amide bonds. The quantitative estimate of drug-likeness (QED) is 0.730. The monoisotopic (exact) mass is 235 g/mol. The molecule has 90 valence electrons. The summed E-state index contributed by atoms with van der Waals surface area (Å²) >= 11 is 0. The highest BCUT2D eigenvalue weighted by Crippen LogP contribution is 2.08. The standard InChI is InChI=1S/C11H13N3O3/c1-16-6-5-10-13-12-9-4-3-8(7-14(9)10)11(15)17-2/h3-4,7H,5-6H2,1-2H3. The first kappa shape index (κ1) is 11.5. The van der Waals surface area contributed by atoms with Crippen LogP contribution < -0.4 is 0 Å².